The standard InChI is InChI=1S/C17H23N/c1-4-18-17(13(2)3)12-15-10-7-9-14-8-5-6-11-16(14)15/h5-11,13,17-18H,4,12H2,1-3H3. The van der Waals surface area contributed by atoms with Gasteiger partial charge in [-0.25, -0.2) is 0 Å². The first-order chi connectivity index (χ1) is 8.72. The highest BCUT2D eigenvalue weighted by atomic mass is 14.9. The Morgan fingerprint density at radius 2 is 1.72 bits per heavy atom. The second-order valence-electron chi connectivity index (χ2n) is 5.25. The summed E-state index contributed by atoms with van der Waals surface area (Å²) in [5, 5.41) is 6.33. The van der Waals surface area contributed by atoms with Crippen molar-refractivity contribution < 1.29 is 0 Å². The second-order valence-corrected chi connectivity index (χ2v) is 5.25. The van der Waals surface area contributed by atoms with Crippen molar-refractivity contribution in [2.24, 2.45) is 5.92 Å². The minimum Gasteiger partial charge on any atom is -0.314 e. The molecule has 0 fully saturated rings. The van der Waals surface area contributed by atoms with E-state index in [4.69, 9.17) is 0 Å². The molecule has 18 heavy (non-hydrogen) atoms. The maximum Gasteiger partial charge on any atom is 0.0131 e. The zero-order chi connectivity index (χ0) is 13.0. The number of nitrogens with one attached hydrogen (secondary N) is 1. The fraction of sp³-hybridized carbons (Fsp3) is 0.412. The van der Waals surface area contributed by atoms with Crippen LogP contribution < -0.4 is 5.32 Å². The Hall–Kier alpha value is -1.34. The van der Waals surface area contributed by atoms with Crippen LogP contribution >= 0.6 is 0 Å². The summed E-state index contributed by atoms with van der Waals surface area (Å²) in [5.74, 6) is 0.656. The average Bonchev–Trinajstić information content (AvgIpc) is 2.38. The molecule has 0 amide bonds. The van der Waals surface area contributed by atoms with Gasteiger partial charge < -0.3 is 5.32 Å². The zero-order valence-corrected chi connectivity index (χ0v) is 11.6. The Labute approximate surface area is 110 Å². The third-order valence-electron chi connectivity index (χ3n) is 3.59. The molecule has 1 N–H and O–H groups in total. The molecule has 0 saturated carbocycles. The molecule has 96 valence electrons. The number of rotatable bonds is 5. The van der Waals surface area contributed by atoms with Gasteiger partial charge in [0.05, 0.1) is 0 Å². The van der Waals surface area contributed by atoms with Gasteiger partial charge in [0.25, 0.3) is 0 Å². The summed E-state index contributed by atoms with van der Waals surface area (Å²) in [4.78, 5) is 0. The Balaban J connectivity index is 2.30. The van der Waals surface area contributed by atoms with Crippen molar-refractivity contribution in [1.29, 1.82) is 0 Å². The molecule has 1 nitrogen and oxygen atoms in total. The molecule has 0 radical (unpaired) electrons. The molecule has 1 heteroatoms. The summed E-state index contributed by atoms with van der Waals surface area (Å²) in [7, 11) is 0. The molecular weight excluding hydrogens is 218 g/mol. The normalized spacial score (nSPS) is 13.1. The molecular formula is C17H23N. The molecule has 0 bridgehead atoms. The summed E-state index contributed by atoms with van der Waals surface area (Å²) in [6, 6.07) is 15.8. The monoisotopic (exact) mass is 241 g/mol. The van der Waals surface area contributed by atoms with Crippen molar-refractivity contribution >= 4 is 10.8 Å². The molecule has 0 spiro atoms. The highest BCUT2D eigenvalue weighted by Crippen LogP contribution is 2.21. The minimum atomic E-state index is 0.556. The first kappa shape index (κ1) is 13.1. The fourth-order valence-corrected chi connectivity index (χ4v) is 2.51. The van der Waals surface area contributed by atoms with E-state index < -0.39 is 0 Å². The first-order valence-electron chi connectivity index (χ1n) is 6.92. The maximum atomic E-state index is 3.60. The minimum absolute atomic E-state index is 0.556. The summed E-state index contributed by atoms with van der Waals surface area (Å²) in [6.07, 6.45) is 1.10. The molecule has 0 aliphatic rings. The average molecular weight is 241 g/mol. The SMILES string of the molecule is CCNC(Cc1cccc2ccccc12)C(C)C. The van der Waals surface area contributed by atoms with E-state index >= 15 is 0 Å². The first-order valence-corrected chi connectivity index (χ1v) is 6.92. The van der Waals surface area contributed by atoms with Gasteiger partial charge in [-0.2, -0.15) is 0 Å². The van der Waals surface area contributed by atoms with E-state index in [0.29, 0.717) is 12.0 Å². The highest BCUT2D eigenvalue weighted by molar-refractivity contribution is 5.85. The van der Waals surface area contributed by atoms with Crippen LogP contribution in [0.15, 0.2) is 42.5 Å². The van der Waals surface area contributed by atoms with Gasteiger partial charge >= 0.3 is 0 Å². The Kier molecular flexibility index (Phi) is 4.38. The lowest BCUT2D eigenvalue weighted by Gasteiger charge is -2.22. The largest absolute Gasteiger partial charge is 0.314 e. The summed E-state index contributed by atoms with van der Waals surface area (Å²) in [5.41, 5.74) is 1.45. The van der Waals surface area contributed by atoms with Crippen molar-refractivity contribution in [2.45, 2.75) is 33.2 Å². The molecule has 0 aliphatic carbocycles. The number of hydrogen-bond acceptors (Lipinski definition) is 1. The molecule has 1 atom stereocenters. The number of hydrogen-bond donors (Lipinski definition) is 1. The van der Waals surface area contributed by atoms with Crippen LogP contribution in [0, 0.1) is 5.92 Å². The van der Waals surface area contributed by atoms with Crippen molar-refractivity contribution in [3.63, 3.8) is 0 Å². The topological polar surface area (TPSA) is 12.0 Å². The fourth-order valence-electron chi connectivity index (χ4n) is 2.51. The van der Waals surface area contributed by atoms with Crippen molar-refractivity contribution in [3.05, 3.63) is 48.0 Å². The third kappa shape index (κ3) is 2.91. The third-order valence-corrected chi connectivity index (χ3v) is 3.59. The van der Waals surface area contributed by atoms with Crippen molar-refractivity contribution in [3.8, 4) is 0 Å². The van der Waals surface area contributed by atoms with Crippen LogP contribution in [0.25, 0.3) is 10.8 Å². The molecule has 0 aromatic heterocycles. The van der Waals surface area contributed by atoms with Crippen molar-refractivity contribution in [1.82, 2.24) is 5.32 Å². The summed E-state index contributed by atoms with van der Waals surface area (Å²) in [6.45, 7) is 7.79. The second kappa shape index (κ2) is 6.01. The lowest BCUT2D eigenvalue weighted by molar-refractivity contribution is 0.406. The smallest absolute Gasteiger partial charge is 0.0131 e. The van der Waals surface area contributed by atoms with E-state index in [2.05, 4.69) is 68.6 Å². The van der Waals surface area contributed by atoms with E-state index in [1.165, 1.54) is 16.3 Å². The van der Waals surface area contributed by atoms with Gasteiger partial charge in [0.2, 0.25) is 0 Å². The van der Waals surface area contributed by atoms with Crippen LogP contribution in [0.3, 0.4) is 0 Å². The van der Waals surface area contributed by atoms with E-state index in [1.54, 1.807) is 0 Å². The van der Waals surface area contributed by atoms with E-state index in [0.717, 1.165) is 13.0 Å². The van der Waals surface area contributed by atoms with Crippen LogP contribution in [0.2, 0.25) is 0 Å². The molecule has 2 aromatic rings. The Morgan fingerprint density at radius 3 is 2.44 bits per heavy atom. The van der Waals surface area contributed by atoms with Crippen molar-refractivity contribution in [2.75, 3.05) is 6.54 Å². The lowest BCUT2D eigenvalue weighted by Crippen LogP contribution is -2.35. The van der Waals surface area contributed by atoms with Gasteiger partial charge in [-0.3, -0.25) is 0 Å². The van der Waals surface area contributed by atoms with E-state index in [1.807, 2.05) is 0 Å². The molecule has 0 heterocycles. The molecule has 2 rings (SSSR count). The quantitative estimate of drug-likeness (QED) is 0.833. The lowest BCUT2D eigenvalue weighted by atomic mass is 9.93. The van der Waals surface area contributed by atoms with Crippen LogP contribution in [0.5, 0.6) is 0 Å². The van der Waals surface area contributed by atoms with Gasteiger partial charge in [-0.1, -0.05) is 63.2 Å². The number of likely N-dealkylation sites (N-methyl/N-ethyl adjacent to an activating group) is 1. The van der Waals surface area contributed by atoms with Crippen LogP contribution in [-0.2, 0) is 6.42 Å². The summed E-state index contributed by atoms with van der Waals surface area (Å²) >= 11 is 0. The number of fused-ring (bicyclic) bond motifs is 1. The number of benzene rings is 2. The highest BCUT2D eigenvalue weighted by Gasteiger charge is 2.13. The Morgan fingerprint density at radius 1 is 1.00 bits per heavy atom. The molecule has 2 aromatic carbocycles. The van der Waals surface area contributed by atoms with Gasteiger partial charge in [0.15, 0.2) is 0 Å². The molecule has 1 unspecified atom stereocenters. The molecule has 0 saturated heterocycles. The summed E-state index contributed by atoms with van der Waals surface area (Å²) < 4.78 is 0. The van der Waals surface area contributed by atoms with Crippen LogP contribution in [0.1, 0.15) is 26.3 Å². The predicted molar refractivity (Wildman–Crippen MR) is 80.0 cm³/mol. The van der Waals surface area contributed by atoms with Gasteiger partial charge in [-0.05, 0) is 35.2 Å². The van der Waals surface area contributed by atoms with Crippen LogP contribution in [0.4, 0.5) is 0 Å². The van der Waals surface area contributed by atoms with E-state index in [9.17, 15) is 0 Å². The Bertz CT molecular complexity index is 496. The molecule has 0 aliphatic heterocycles. The van der Waals surface area contributed by atoms with Crippen LogP contribution in [-0.4, -0.2) is 12.6 Å². The van der Waals surface area contributed by atoms with E-state index in [-0.39, 0.29) is 0 Å². The maximum absolute atomic E-state index is 3.60. The van der Waals surface area contributed by atoms with Gasteiger partial charge in [-0.15, -0.1) is 0 Å². The zero-order valence-electron chi connectivity index (χ0n) is 11.6. The predicted octanol–water partition coefficient (Wildman–Crippen LogP) is 4.02. The van der Waals surface area contributed by atoms with Gasteiger partial charge in [0, 0.05) is 6.04 Å². The van der Waals surface area contributed by atoms with Gasteiger partial charge in [0.1, 0.15) is 0 Å².